The minimum atomic E-state index is -3.62. The van der Waals surface area contributed by atoms with Gasteiger partial charge in [0, 0.05) is 18.2 Å². The molecule has 4 rings (SSSR count). The lowest BCUT2D eigenvalue weighted by Crippen LogP contribution is -2.27. The topological polar surface area (TPSA) is 84.5 Å². The molecule has 1 saturated carbocycles. The number of halogens is 1. The Morgan fingerprint density at radius 1 is 0.968 bits per heavy atom. The number of ether oxygens (including phenoxy) is 1. The highest BCUT2D eigenvalue weighted by molar-refractivity contribution is 7.89. The fourth-order valence-electron chi connectivity index (χ4n) is 2.89. The van der Waals surface area contributed by atoms with E-state index in [1.54, 1.807) is 36.4 Å². The average molecular weight is 440 g/mol. The zero-order valence-electron chi connectivity index (χ0n) is 16.5. The van der Waals surface area contributed by atoms with Gasteiger partial charge in [-0.3, -0.25) is 4.79 Å². The predicted molar refractivity (Wildman–Crippen MR) is 114 cm³/mol. The Labute approximate surface area is 180 Å². The molecular formula is C23H21FN2O4S. The van der Waals surface area contributed by atoms with Crippen molar-refractivity contribution < 1.29 is 22.3 Å². The van der Waals surface area contributed by atoms with Crippen molar-refractivity contribution in [3.63, 3.8) is 0 Å². The molecule has 0 radical (unpaired) electrons. The van der Waals surface area contributed by atoms with Gasteiger partial charge in [0.25, 0.3) is 5.91 Å². The fraction of sp³-hybridized carbons (Fsp3) is 0.174. The second-order valence-electron chi connectivity index (χ2n) is 7.31. The van der Waals surface area contributed by atoms with E-state index in [1.807, 2.05) is 0 Å². The number of carbonyl (C=O) groups is 1. The molecule has 3 aromatic carbocycles. The molecule has 0 atom stereocenters. The van der Waals surface area contributed by atoms with Crippen LogP contribution in [0, 0.1) is 5.82 Å². The van der Waals surface area contributed by atoms with Crippen molar-refractivity contribution in [2.75, 3.05) is 0 Å². The van der Waals surface area contributed by atoms with Gasteiger partial charge in [-0.1, -0.05) is 18.2 Å². The number of carbonyl (C=O) groups excluding carboxylic acids is 1. The highest BCUT2D eigenvalue weighted by Crippen LogP contribution is 2.23. The van der Waals surface area contributed by atoms with Gasteiger partial charge in [-0.15, -0.1) is 0 Å². The molecular weight excluding hydrogens is 419 g/mol. The maximum absolute atomic E-state index is 13.0. The first-order valence-corrected chi connectivity index (χ1v) is 11.3. The van der Waals surface area contributed by atoms with Crippen LogP contribution in [-0.4, -0.2) is 20.4 Å². The zero-order chi connectivity index (χ0) is 21.8. The molecule has 1 aliphatic rings. The summed E-state index contributed by atoms with van der Waals surface area (Å²) in [5, 5.41) is 2.79. The van der Waals surface area contributed by atoms with Crippen LogP contribution in [0.2, 0.25) is 0 Å². The lowest BCUT2D eigenvalue weighted by molar-refractivity contribution is 0.0950. The molecule has 0 heterocycles. The summed E-state index contributed by atoms with van der Waals surface area (Å²) in [6.45, 7) is 0.271. The highest BCUT2D eigenvalue weighted by Gasteiger charge is 2.28. The number of sulfonamides is 1. The molecule has 31 heavy (non-hydrogen) atoms. The van der Waals surface area contributed by atoms with Crippen molar-refractivity contribution in [3.05, 3.63) is 89.7 Å². The van der Waals surface area contributed by atoms with Gasteiger partial charge in [0.1, 0.15) is 17.3 Å². The maximum Gasteiger partial charge on any atom is 0.251 e. The summed E-state index contributed by atoms with van der Waals surface area (Å²) in [5.74, 6) is 0.409. The summed E-state index contributed by atoms with van der Waals surface area (Å²) < 4.78 is 45.9. The first kappa shape index (κ1) is 21.0. The highest BCUT2D eigenvalue weighted by atomic mass is 32.2. The third-order valence-corrected chi connectivity index (χ3v) is 6.25. The standard InChI is InChI=1S/C23H21FN2O4S/c24-18-6-12-21(13-7-18)30-20-10-4-16(5-11-20)15-25-23(27)17-2-1-3-22(14-17)31(28,29)26-19-8-9-19/h1-7,10-14,19,26H,8-9,15H2,(H,25,27). The van der Waals surface area contributed by atoms with Crippen LogP contribution in [0.4, 0.5) is 4.39 Å². The van der Waals surface area contributed by atoms with Crippen molar-refractivity contribution in [1.82, 2.24) is 10.0 Å². The van der Waals surface area contributed by atoms with E-state index in [4.69, 9.17) is 4.74 Å². The molecule has 0 spiro atoms. The number of hydrogen-bond donors (Lipinski definition) is 2. The van der Waals surface area contributed by atoms with E-state index >= 15 is 0 Å². The molecule has 1 aliphatic carbocycles. The monoisotopic (exact) mass is 440 g/mol. The minimum Gasteiger partial charge on any atom is -0.457 e. The summed E-state index contributed by atoms with van der Waals surface area (Å²) in [7, 11) is -3.62. The summed E-state index contributed by atoms with van der Waals surface area (Å²) in [4.78, 5) is 12.6. The fourth-order valence-corrected chi connectivity index (χ4v) is 4.24. The lowest BCUT2D eigenvalue weighted by atomic mass is 10.2. The predicted octanol–water partition coefficient (Wildman–Crippen LogP) is 3.99. The first-order chi connectivity index (χ1) is 14.9. The molecule has 3 aromatic rings. The third kappa shape index (κ3) is 5.68. The summed E-state index contributed by atoms with van der Waals surface area (Å²) >= 11 is 0. The Kier molecular flexibility index (Phi) is 6.01. The van der Waals surface area contributed by atoms with Gasteiger partial charge >= 0.3 is 0 Å². The van der Waals surface area contributed by atoms with Gasteiger partial charge in [-0.25, -0.2) is 17.5 Å². The van der Waals surface area contributed by atoms with Crippen LogP contribution in [0.5, 0.6) is 11.5 Å². The molecule has 0 aliphatic heterocycles. The van der Waals surface area contributed by atoms with E-state index in [-0.39, 0.29) is 34.8 Å². The molecule has 0 aromatic heterocycles. The average Bonchev–Trinajstić information content (AvgIpc) is 3.58. The molecule has 2 N–H and O–H groups in total. The first-order valence-electron chi connectivity index (χ1n) is 9.82. The van der Waals surface area contributed by atoms with Gasteiger partial charge in [0.15, 0.2) is 0 Å². The Morgan fingerprint density at radius 2 is 1.61 bits per heavy atom. The molecule has 1 amide bonds. The number of rotatable bonds is 8. The van der Waals surface area contributed by atoms with Crippen molar-refractivity contribution in [1.29, 1.82) is 0 Å². The van der Waals surface area contributed by atoms with Crippen molar-refractivity contribution in [2.45, 2.75) is 30.3 Å². The Morgan fingerprint density at radius 3 is 2.26 bits per heavy atom. The van der Waals surface area contributed by atoms with E-state index in [9.17, 15) is 17.6 Å². The molecule has 6 nitrogen and oxygen atoms in total. The quantitative estimate of drug-likeness (QED) is 0.555. The Bertz CT molecular complexity index is 1170. The van der Waals surface area contributed by atoms with E-state index < -0.39 is 10.0 Å². The number of hydrogen-bond acceptors (Lipinski definition) is 4. The van der Waals surface area contributed by atoms with Gasteiger partial charge in [-0.2, -0.15) is 0 Å². The third-order valence-electron chi connectivity index (χ3n) is 4.73. The normalized spacial score (nSPS) is 13.6. The van der Waals surface area contributed by atoms with Gasteiger partial charge in [-0.05, 0) is 73.0 Å². The van der Waals surface area contributed by atoms with E-state index in [0.29, 0.717) is 11.5 Å². The largest absolute Gasteiger partial charge is 0.457 e. The molecule has 0 unspecified atom stereocenters. The summed E-state index contributed by atoms with van der Waals surface area (Å²) in [6.07, 6.45) is 1.68. The van der Waals surface area contributed by atoms with Crippen LogP contribution < -0.4 is 14.8 Å². The molecule has 1 fully saturated rings. The van der Waals surface area contributed by atoms with Crippen LogP contribution in [0.3, 0.4) is 0 Å². The van der Waals surface area contributed by atoms with E-state index in [2.05, 4.69) is 10.0 Å². The van der Waals surface area contributed by atoms with Gasteiger partial charge in [0.2, 0.25) is 10.0 Å². The number of benzene rings is 3. The number of amides is 1. The SMILES string of the molecule is O=C(NCc1ccc(Oc2ccc(F)cc2)cc1)c1cccc(S(=O)(=O)NC2CC2)c1. The van der Waals surface area contributed by atoms with Crippen molar-refractivity contribution in [2.24, 2.45) is 0 Å². The summed E-state index contributed by atoms with van der Waals surface area (Å²) in [5.41, 5.74) is 1.12. The van der Waals surface area contributed by atoms with Gasteiger partial charge in [0.05, 0.1) is 4.90 Å². The van der Waals surface area contributed by atoms with Crippen molar-refractivity contribution >= 4 is 15.9 Å². The van der Waals surface area contributed by atoms with E-state index in [1.165, 1.54) is 36.4 Å². The Hall–Kier alpha value is -3.23. The molecule has 160 valence electrons. The van der Waals surface area contributed by atoms with Crippen LogP contribution in [0.1, 0.15) is 28.8 Å². The second-order valence-corrected chi connectivity index (χ2v) is 9.02. The van der Waals surface area contributed by atoms with Crippen LogP contribution in [0.25, 0.3) is 0 Å². The minimum absolute atomic E-state index is 0.00232. The Balaban J connectivity index is 1.35. The zero-order valence-corrected chi connectivity index (χ0v) is 17.4. The van der Waals surface area contributed by atoms with Crippen LogP contribution in [0.15, 0.2) is 77.7 Å². The maximum atomic E-state index is 13.0. The molecule has 8 heteroatoms. The van der Waals surface area contributed by atoms with Crippen LogP contribution >= 0.6 is 0 Å². The summed E-state index contributed by atoms with van der Waals surface area (Å²) in [6, 6.07) is 18.8. The van der Waals surface area contributed by atoms with Gasteiger partial charge < -0.3 is 10.1 Å². The smallest absolute Gasteiger partial charge is 0.251 e. The molecule has 0 saturated heterocycles. The second kappa shape index (κ2) is 8.87. The van der Waals surface area contributed by atoms with Crippen molar-refractivity contribution in [3.8, 4) is 11.5 Å². The van der Waals surface area contributed by atoms with E-state index in [0.717, 1.165) is 18.4 Å². The lowest BCUT2D eigenvalue weighted by Gasteiger charge is -2.09. The molecule has 0 bridgehead atoms. The van der Waals surface area contributed by atoms with Crippen LogP contribution in [-0.2, 0) is 16.6 Å². The number of nitrogens with one attached hydrogen (secondary N) is 2.